The van der Waals surface area contributed by atoms with Gasteiger partial charge >= 0.3 is 0 Å². The van der Waals surface area contributed by atoms with E-state index in [0.29, 0.717) is 6.42 Å². The van der Waals surface area contributed by atoms with Gasteiger partial charge in [-0.25, -0.2) is 0 Å². The Morgan fingerprint density at radius 2 is 1.62 bits per heavy atom. The molecule has 0 fully saturated rings. The number of nitriles is 2. The minimum Gasteiger partial charge on any atom is -0.497 e. The SMILES string of the molecule is COc1ccc(C(C)=C(Cc2ccccc2)CC(C#N)C#N)cc1. The molecule has 0 aromatic heterocycles. The van der Waals surface area contributed by atoms with Gasteiger partial charge in [-0.2, -0.15) is 10.5 Å². The first kappa shape index (κ1) is 17.3. The molecule has 0 bridgehead atoms. The zero-order valence-corrected chi connectivity index (χ0v) is 14.0. The van der Waals surface area contributed by atoms with Crippen LogP contribution in [-0.2, 0) is 6.42 Å². The number of ether oxygens (including phenoxy) is 1. The van der Waals surface area contributed by atoms with Gasteiger partial charge in [0.1, 0.15) is 11.7 Å². The van der Waals surface area contributed by atoms with Gasteiger partial charge in [-0.3, -0.25) is 0 Å². The van der Waals surface area contributed by atoms with Crippen LogP contribution in [0.5, 0.6) is 5.75 Å². The van der Waals surface area contributed by atoms with Crippen molar-refractivity contribution in [3.05, 3.63) is 71.3 Å². The molecule has 0 spiro atoms. The Balaban J connectivity index is 2.38. The number of rotatable bonds is 6. The predicted octanol–water partition coefficient (Wildman–Crippen LogP) is 4.76. The molecule has 0 atom stereocenters. The van der Waals surface area contributed by atoms with E-state index in [9.17, 15) is 0 Å². The summed E-state index contributed by atoms with van der Waals surface area (Å²) in [5.74, 6) is 0.181. The van der Waals surface area contributed by atoms with Gasteiger partial charge in [-0.05, 0) is 48.6 Å². The lowest BCUT2D eigenvalue weighted by Gasteiger charge is -2.14. The van der Waals surface area contributed by atoms with E-state index < -0.39 is 5.92 Å². The van der Waals surface area contributed by atoms with Gasteiger partial charge in [0.15, 0.2) is 0 Å². The van der Waals surface area contributed by atoms with Crippen molar-refractivity contribution in [3.63, 3.8) is 0 Å². The van der Waals surface area contributed by atoms with E-state index in [1.165, 1.54) is 5.56 Å². The number of hydrogen-bond acceptors (Lipinski definition) is 3. The van der Waals surface area contributed by atoms with E-state index >= 15 is 0 Å². The van der Waals surface area contributed by atoms with Crippen molar-refractivity contribution in [3.8, 4) is 17.9 Å². The maximum absolute atomic E-state index is 9.15. The van der Waals surface area contributed by atoms with E-state index in [4.69, 9.17) is 15.3 Å². The zero-order chi connectivity index (χ0) is 17.4. The quantitative estimate of drug-likeness (QED) is 0.771. The highest BCUT2D eigenvalue weighted by molar-refractivity contribution is 5.68. The number of methoxy groups -OCH3 is 1. The largest absolute Gasteiger partial charge is 0.497 e. The van der Waals surface area contributed by atoms with Gasteiger partial charge in [0.2, 0.25) is 0 Å². The standard InChI is InChI=1S/C21H20N2O/c1-16(19-8-10-21(24-2)11-9-19)20(13-18(14-22)15-23)12-17-6-4-3-5-7-17/h3-11,18H,12-13H2,1-2H3. The Bertz CT molecular complexity index is 763. The van der Waals surface area contributed by atoms with Gasteiger partial charge < -0.3 is 4.74 Å². The minimum atomic E-state index is -0.628. The van der Waals surface area contributed by atoms with Crippen LogP contribution in [0.1, 0.15) is 24.5 Å². The molecule has 0 amide bonds. The smallest absolute Gasteiger partial charge is 0.137 e. The third kappa shape index (κ3) is 4.48. The lowest BCUT2D eigenvalue weighted by molar-refractivity contribution is 0.415. The molecule has 0 aliphatic carbocycles. The summed E-state index contributed by atoms with van der Waals surface area (Å²) < 4.78 is 5.20. The Kier molecular flexibility index (Phi) is 6.17. The summed E-state index contributed by atoms with van der Waals surface area (Å²) in [5.41, 5.74) is 4.47. The van der Waals surface area contributed by atoms with Crippen molar-refractivity contribution in [2.24, 2.45) is 5.92 Å². The Morgan fingerprint density at radius 3 is 2.17 bits per heavy atom. The van der Waals surface area contributed by atoms with E-state index in [0.717, 1.165) is 28.9 Å². The second kappa shape index (κ2) is 8.56. The predicted molar refractivity (Wildman–Crippen MR) is 95.1 cm³/mol. The summed E-state index contributed by atoms with van der Waals surface area (Å²) in [6, 6.07) is 22.1. The fraction of sp³-hybridized carbons (Fsp3) is 0.238. The Morgan fingerprint density at radius 1 is 1.00 bits per heavy atom. The fourth-order valence-electron chi connectivity index (χ4n) is 2.61. The maximum Gasteiger partial charge on any atom is 0.137 e. The van der Waals surface area contributed by atoms with Crippen LogP contribution >= 0.6 is 0 Å². The van der Waals surface area contributed by atoms with E-state index in [1.807, 2.05) is 49.4 Å². The number of hydrogen-bond donors (Lipinski definition) is 0. The molecule has 0 saturated heterocycles. The molecule has 2 aromatic rings. The average Bonchev–Trinajstić information content (AvgIpc) is 2.65. The monoisotopic (exact) mass is 316 g/mol. The molecule has 3 heteroatoms. The molecule has 0 N–H and O–H groups in total. The highest BCUT2D eigenvalue weighted by Crippen LogP contribution is 2.27. The van der Waals surface area contributed by atoms with Crippen LogP contribution in [0.4, 0.5) is 0 Å². The molecule has 0 radical (unpaired) electrons. The molecule has 120 valence electrons. The van der Waals surface area contributed by atoms with E-state index in [1.54, 1.807) is 7.11 Å². The molecule has 0 saturated carbocycles. The number of nitrogens with zero attached hydrogens (tertiary/aromatic N) is 2. The van der Waals surface area contributed by atoms with Crippen molar-refractivity contribution >= 4 is 5.57 Å². The Hall–Kier alpha value is -3.04. The van der Waals surface area contributed by atoms with Crippen LogP contribution in [0.15, 0.2) is 60.2 Å². The van der Waals surface area contributed by atoms with Gasteiger partial charge in [0, 0.05) is 0 Å². The average molecular weight is 316 g/mol. The number of allylic oxidation sites excluding steroid dienone is 2. The molecule has 0 heterocycles. The molecule has 0 unspecified atom stereocenters. The normalized spacial score (nSPS) is 11.4. The van der Waals surface area contributed by atoms with Crippen molar-refractivity contribution < 1.29 is 4.74 Å². The van der Waals surface area contributed by atoms with Crippen molar-refractivity contribution in [1.29, 1.82) is 10.5 Å². The lowest BCUT2D eigenvalue weighted by Crippen LogP contribution is -2.02. The first-order valence-corrected chi connectivity index (χ1v) is 7.84. The first-order chi connectivity index (χ1) is 11.7. The number of benzene rings is 2. The molecular formula is C21H20N2O. The minimum absolute atomic E-state index is 0.458. The van der Waals surface area contributed by atoms with Crippen LogP contribution in [0.2, 0.25) is 0 Å². The van der Waals surface area contributed by atoms with Gasteiger partial charge in [-0.15, -0.1) is 0 Å². The maximum atomic E-state index is 9.15. The molecule has 2 aromatic carbocycles. The Labute approximate surface area is 143 Å². The molecule has 24 heavy (non-hydrogen) atoms. The zero-order valence-electron chi connectivity index (χ0n) is 14.0. The summed E-state index contributed by atoms with van der Waals surface area (Å²) in [6.45, 7) is 2.05. The van der Waals surface area contributed by atoms with Crippen LogP contribution in [0.25, 0.3) is 5.57 Å². The summed E-state index contributed by atoms with van der Waals surface area (Å²) in [6.07, 6.45) is 1.19. The molecular weight excluding hydrogens is 296 g/mol. The van der Waals surface area contributed by atoms with Crippen molar-refractivity contribution in [1.82, 2.24) is 0 Å². The molecule has 0 aliphatic rings. The highest BCUT2D eigenvalue weighted by atomic mass is 16.5. The summed E-state index contributed by atoms with van der Waals surface area (Å²) in [7, 11) is 1.64. The second-order valence-corrected chi connectivity index (χ2v) is 5.63. The highest BCUT2D eigenvalue weighted by Gasteiger charge is 2.13. The van der Waals surface area contributed by atoms with Gasteiger partial charge in [0.25, 0.3) is 0 Å². The van der Waals surface area contributed by atoms with Gasteiger partial charge in [-0.1, -0.05) is 48.0 Å². The van der Waals surface area contributed by atoms with E-state index in [2.05, 4.69) is 24.3 Å². The van der Waals surface area contributed by atoms with Crippen LogP contribution in [0.3, 0.4) is 0 Å². The van der Waals surface area contributed by atoms with Crippen LogP contribution in [0, 0.1) is 28.6 Å². The summed E-state index contributed by atoms with van der Waals surface area (Å²) >= 11 is 0. The van der Waals surface area contributed by atoms with Crippen LogP contribution < -0.4 is 4.74 Å². The summed E-state index contributed by atoms with van der Waals surface area (Å²) in [5, 5.41) is 18.3. The molecule has 0 aliphatic heterocycles. The first-order valence-electron chi connectivity index (χ1n) is 7.84. The topological polar surface area (TPSA) is 56.8 Å². The van der Waals surface area contributed by atoms with Crippen molar-refractivity contribution in [2.45, 2.75) is 19.8 Å². The lowest BCUT2D eigenvalue weighted by atomic mass is 9.90. The van der Waals surface area contributed by atoms with E-state index in [-0.39, 0.29) is 0 Å². The van der Waals surface area contributed by atoms with Crippen LogP contribution in [-0.4, -0.2) is 7.11 Å². The molecule has 2 rings (SSSR count). The third-order valence-corrected chi connectivity index (χ3v) is 4.08. The second-order valence-electron chi connectivity index (χ2n) is 5.63. The third-order valence-electron chi connectivity index (χ3n) is 4.08. The van der Waals surface area contributed by atoms with Crippen molar-refractivity contribution in [2.75, 3.05) is 7.11 Å². The molecule has 3 nitrogen and oxygen atoms in total. The summed E-state index contributed by atoms with van der Waals surface area (Å²) in [4.78, 5) is 0. The van der Waals surface area contributed by atoms with Gasteiger partial charge in [0.05, 0.1) is 19.2 Å². The fourth-order valence-corrected chi connectivity index (χ4v) is 2.61.